The number of hydrogen-bond acceptors (Lipinski definition) is 3. The van der Waals surface area contributed by atoms with Crippen molar-refractivity contribution < 1.29 is 14.3 Å². The van der Waals surface area contributed by atoms with Gasteiger partial charge in [0.2, 0.25) is 0 Å². The lowest BCUT2D eigenvalue weighted by molar-refractivity contribution is -0.136. The molecule has 0 atom stereocenters. The smallest absolute Gasteiger partial charge is 0.349 e. The first kappa shape index (κ1) is 15.2. The molecule has 0 spiro atoms. The zero-order chi connectivity index (χ0) is 17.1. The fourth-order valence-corrected chi connectivity index (χ4v) is 2.90. The predicted octanol–water partition coefficient (Wildman–Crippen LogP) is 4.98. The summed E-state index contributed by atoms with van der Waals surface area (Å²) in [5.74, 6) is 0.793. The summed E-state index contributed by atoms with van der Waals surface area (Å²) in [7, 11) is 0. The molecule has 0 heterocycles. The van der Waals surface area contributed by atoms with Gasteiger partial charge in [-0.25, -0.2) is 4.79 Å². The van der Waals surface area contributed by atoms with Crippen molar-refractivity contribution in [2.75, 3.05) is 6.61 Å². The van der Waals surface area contributed by atoms with Crippen LogP contribution in [-0.4, -0.2) is 12.6 Å². The van der Waals surface area contributed by atoms with Gasteiger partial charge >= 0.3 is 5.97 Å². The molecule has 3 heteroatoms. The molecule has 4 aromatic carbocycles. The van der Waals surface area contributed by atoms with Crippen molar-refractivity contribution in [2.24, 2.45) is 0 Å². The Morgan fingerprint density at radius 3 is 1.84 bits per heavy atom. The van der Waals surface area contributed by atoms with Gasteiger partial charge in [-0.3, -0.25) is 0 Å². The van der Waals surface area contributed by atoms with Gasteiger partial charge < -0.3 is 9.47 Å². The van der Waals surface area contributed by atoms with Crippen molar-refractivity contribution in [3.8, 4) is 11.5 Å². The van der Waals surface area contributed by atoms with Crippen LogP contribution in [0.2, 0.25) is 0 Å². The first-order chi connectivity index (χ1) is 12.3. The maximum Gasteiger partial charge on any atom is 0.349 e. The van der Waals surface area contributed by atoms with Gasteiger partial charge in [0.25, 0.3) is 0 Å². The monoisotopic (exact) mass is 328 g/mol. The van der Waals surface area contributed by atoms with Crippen LogP contribution in [0.3, 0.4) is 0 Å². The molecule has 0 fully saturated rings. The highest BCUT2D eigenvalue weighted by atomic mass is 16.6. The molecule has 25 heavy (non-hydrogen) atoms. The number of benzene rings is 4. The number of carbonyl (C=O) groups is 1. The lowest BCUT2D eigenvalue weighted by Crippen LogP contribution is -2.17. The first-order valence-corrected chi connectivity index (χ1v) is 8.10. The van der Waals surface area contributed by atoms with E-state index < -0.39 is 5.97 Å². The summed E-state index contributed by atoms with van der Waals surface area (Å²) in [4.78, 5) is 12.2. The zero-order valence-corrected chi connectivity index (χ0v) is 13.5. The number of fused-ring (bicyclic) bond motifs is 2. The Labute approximate surface area is 145 Å². The molecule has 4 aromatic rings. The van der Waals surface area contributed by atoms with Crippen LogP contribution in [0, 0.1) is 0 Å². The molecular formula is C22H16O3. The minimum Gasteiger partial charge on any atom is -0.481 e. The van der Waals surface area contributed by atoms with Gasteiger partial charge in [-0.15, -0.1) is 0 Å². The maximum atomic E-state index is 12.2. The Morgan fingerprint density at radius 1 is 0.640 bits per heavy atom. The Hall–Kier alpha value is -3.33. The standard InChI is InChI=1S/C22H16O3/c23-22(25-21-14-6-10-17-8-2-4-12-19(17)21)15-24-20-13-5-9-16-7-1-3-11-18(16)20/h1-14H,15H2. The Morgan fingerprint density at radius 2 is 1.16 bits per heavy atom. The number of ether oxygens (including phenoxy) is 2. The van der Waals surface area contributed by atoms with E-state index in [0.29, 0.717) is 11.5 Å². The van der Waals surface area contributed by atoms with Gasteiger partial charge in [-0.05, 0) is 22.9 Å². The largest absolute Gasteiger partial charge is 0.481 e. The highest BCUT2D eigenvalue weighted by Gasteiger charge is 2.10. The molecule has 0 radical (unpaired) electrons. The molecule has 0 bridgehead atoms. The van der Waals surface area contributed by atoms with Crippen molar-refractivity contribution in [2.45, 2.75) is 0 Å². The second kappa shape index (κ2) is 6.65. The number of hydrogen-bond donors (Lipinski definition) is 0. The van der Waals surface area contributed by atoms with Gasteiger partial charge in [0, 0.05) is 10.8 Å². The molecule has 0 saturated carbocycles. The van der Waals surface area contributed by atoms with Crippen LogP contribution in [-0.2, 0) is 4.79 Å². The summed E-state index contributed by atoms with van der Waals surface area (Å²) in [5, 5.41) is 3.98. The fourth-order valence-electron chi connectivity index (χ4n) is 2.90. The molecule has 0 unspecified atom stereocenters. The van der Waals surface area contributed by atoms with E-state index in [2.05, 4.69) is 0 Å². The lowest BCUT2D eigenvalue weighted by atomic mass is 10.1. The number of rotatable bonds is 4. The molecule has 0 aromatic heterocycles. The summed E-state index contributed by atoms with van der Waals surface area (Å²) >= 11 is 0. The first-order valence-electron chi connectivity index (χ1n) is 8.10. The van der Waals surface area contributed by atoms with Crippen LogP contribution >= 0.6 is 0 Å². The third-order valence-corrected chi connectivity index (χ3v) is 4.07. The second-order valence-corrected chi connectivity index (χ2v) is 5.72. The maximum absolute atomic E-state index is 12.2. The molecule has 0 aliphatic heterocycles. The third kappa shape index (κ3) is 3.17. The van der Waals surface area contributed by atoms with E-state index in [1.54, 1.807) is 6.07 Å². The molecule has 4 rings (SSSR count). The molecule has 0 N–H and O–H groups in total. The fraction of sp³-hybridized carbons (Fsp3) is 0.0455. The van der Waals surface area contributed by atoms with Crippen molar-refractivity contribution in [3.05, 3.63) is 84.9 Å². The van der Waals surface area contributed by atoms with Crippen molar-refractivity contribution >= 4 is 27.5 Å². The van der Waals surface area contributed by atoms with E-state index in [-0.39, 0.29) is 6.61 Å². The molecule has 3 nitrogen and oxygen atoms in total. The molecule has 122 valence electrons. The van der Waals surface area contributed by atoms with Crippen LogP contribution in [0.5, 0.6) is 11.5 Å². The summed E-state index contributed by atoms with van der Waals surface area (Å²) in [6.45, 7) is -0.142. The Bertz CT molecular complexity index is 1040. The quantitative estimate of drug-likeness (QED) is 0.391. The Balaban J connectivity index is 1.50. The minimum atomic E-state index is -0.427. The molecule has 0 aliphatic carbocycles. The number of carbonyl (C=O) groups excluding carboxylic acids is 1. The molecular weight excluding hydrogens is 312 g/mol. The van der Waals surface area contributed by atoms with Gasteiger partial charge in [0.05, 0.1) is 0 Å². The molecule has 0 amide bonds. The van der Waals surface area contributed by atoms with Gasteiger partial charge in [-0.2, -0.15) is 0 Å². The predicted molar refractivity (Wildman–Crippen MR) is 99.0 cm³/mol. The highest BCUT2D eigenvalue weighted by molar-refractivity contribution is 5.91. The van der Waals surface area contributed by atoms with E-state index in [9.17, 15) is 4.79 Å². The van der Waals surface area contributed by atoms with Crippen LogP contribution in [0.4, 0.5) is 0 Å². The summed E-state index contributed by atoms with van der Waals surface area (Å²) < 4.78 is 11.2. The summed E-state index contributed by atoms with van der Waals surface area (Å²) in [5.41, 5.74) is 0. The summed E-state index contributed by atoms with van der Waals surface area (Å²) in [6, 6.07) is 27.1. The van der Waals surface area contributed by atoms with Crippen molar-refractivity contribution in [3.63, 3.8) is 0 Å². The van der Waals surface area contributed by atoms with Crippen LogP contribution in [0.25, 0.3) is 21.5 Å². The van der Waals surface area contributed by atoms with Crippen LogP contribution in [0.1, 0.15) is 0 Å². The van der Waals surface area contributed by atoms with E-state index in [1.165, 1.54) is 0 Å². The van der Waals surface area contributed by atoms with E-state index in [4.69, 9.17) is 9.47 Å². The SMILES string of the molecule is O=C(COc1cccc2ccccc12)Oc1cccc2ccccc12. The van der Waals surface area contributed by atoms with Crippen molar-refractivity contribution in [1.82, 2.24) is 0 Å². The molecule has 0 aliphatic rings. The van der Waals surface area contributed by atoms with E-state index >= 15 is 0 Å². The van der Waals surface area contributed by atoms with E-state index in [1.807, 2.05) is 78.9 Å². The zero-order valence-electron chi connectivity index (χ0n) is 13.5. The lowest BCUT2D eigenvalue weighted by Gasteiger charge is -2.10. The van der Waals surface area contributed by atoms with Gasteiger partial charge in [0.15, 0.2) is 6.61 Å². The van der Waals surface area contributed by atoms with Crippen LogP contribution < -0.4 is 9.47 Å². The third-order valence-electron chi connectivity index (χ3n) is 4.07. The van der Waals surface area contributed by atoms with Crippen molar-refractivity contribution in [1.29, 1.82) is 0 Å². The average molecular weight is 328 g/mol. The summed E-state index contributed by atoms with van der Waals surface area (Å²) in [6.07, 6.45) is 0. The second-order valence-electron chi connectivity index (χ2n) is 5.72. The normalized spacial score (nSPS) is 10.7. The topological polar surface area (TPSA) is 35.5 Å². The Kier molecular flexibility index (Phi) is 4.05. The average Bonchev–Trinajstić information content (AvgIpc) is 2.66. The van der Waals surface area contributed by atoms with E-state index in [0.717, 1.165) is 21.5 Å². The van der Waals surface area contributed by atoms with Gasteiger partial charge in [0.1, 0.15) is 11.5 Å². The number of esters is 1. The molecule has 0 saturated heterocycles. The highest BCUT2D eigenvalue weighted by Crippen LogP contribution is 2.27. The van der Waals surface area contributed by atoms with Crippen LogP contribution in [0.15, 0.2) is 84.9 Å². The minimum absolute atomic E-state index is 0.142. The van der Waals surface area contributed by atoms with Gasteiger partial charge in [-0.1, -0.05) is 72.8 Å².